The Kier molecular flexibility index (Phi) is 7.23. The van der Waals surface area contributed by atoms with Crippen LogP contribution in [0.5, 0.6) is 0 Å². The molecule has 0 aromatic rings. The summed E-state index contributed by atoms with van der Waals surface area (Å²) in [6, 6.07) is 3.15. The van der Waals surface area contributed by atoms with E-state index < -0.39 is 0 Å². The van der Waals surface area contributed by atoms with Crippen LogP contribution in [0.2, 0.25) is 0 Å². The van der Waals surface area contributed by atoms with Gasteiger partial charge in [0.05, 0.1) is 12.1 Å². The first-order valence-electron chi connectivity index (χ1n) is 7.18. The van der Waals surface area contributed by atoms with Crippen molar-refractivity contribution < 1.29 is 0 Å². The summed E-state index contributed by atoms with van der Waals surface area (Å²) in [6.45, 7) is 7.36. The number of nitrogens with one attached hydrogen (secondary N) is 1. The topological polar surface area (TPSA) is 39.1 Å². The van der Waals surface area contributed by atoms with Crippen LogP contribution in [0.15, 0.2) is 0 Å². The quantitative estimate of drug-likeness (QED) is 0.739. The van der Waals surface area contributed by atoms with Gasteiger partial charge in [-0.25, -0.2) is 0 Å². The Morgan fingerprint density at radius 3 is 2.53 bits per heavy atom. The fourth-order valence-electron chi connectivity index (χ4n) is 2.80. The zero-order chi connectivity index (χ0) is 12.5. The molecule has 0 bridgehead atoms. The van der Waals surface area contributed by atoms with Crippen molar-refractivity contribution in [3.05, 3.63) is 0 Å². The van der Waals surface area contributed by atoms with E-state index in [1.54, 1.807) is 0 Å². The van der Waals surface area contributed by atoms with Crippen molar-refractivity contribution in [1.29, 1.82) is 5.26 Å². The Morgan fingerprint density at radius 1 is 1.29 bits per heavy atom. The summed E-state index contributed by atoms with van der Waals surface area (Å²) < 4.78 is 0. The molecule has 3 heteroatoms. The van der Waals surface area contributed by atoms with E-state index in [0.29, 0.717) is 0 Å². The average Bonchev–Trinajstić information content (AvgIpc) is 2.39. The summed E-state index contributed by atoms with van der Waals surface area (Å²) in [5.41, 5.74) is 0. The number of hydrogen-bond acceptors (Lipinski definition) is 3. The fourth-order valence-corrected chi connectivity index (χ4v) is 2.80. The lowest BCUT2D eigenvalue weighted by Gasteiger charge is -2.34. The minimum Gasteiger partial charge on any atom is -0.302 e. The van der Waals surface area contributed by atoms with Gasteiger partial charge >= 0.3 is 0 Å². The Hall–Kier alpha value is -0.590. The second-order valence-electron chi connectivity index (χ2n) is 4.95. The van der Waals surface area contributed by atoms with Crippen molar-refractivity contribution in [1.82, 2.24) is 10.2 Å². The molecular formula is C14H27N3. The second-order valence-corrected chi connectivity index (χ2v) is 4.95. The lowest BCUT2D eigenvalue weighted by atomic mass is 9.94. The van der Waals surface area contributed by atoms with E-state index in [1.165, 1.54) is 32.1 Å². The summed E-state index contributed by atoms with van der Waals surface area (Å²) in [7, 11) is 0. The minimum atomic E-state index is 0.0256. The maximum absolute atomic E-state index is 9.02. The Labute approximate surface area is 106 Å². The molecule has 0 spiro atoms. The van der Waals surface area contributed by atoms with E-state index in [4.69, 9.17) is 5.26 Å². The third kappa shape index (κ3) is 5.06. The molecule has 1 aliphatic rings. The third-order valence-corrected chi connectivity index (χ3v) is 3.81. The summed E-state index contributed by atoms with van der Waals surface area (Å²) >= 11 is 0. The Morgan fingerprint density at radius 2 is 2.00 bits per heavy atom. The van der Waals surface area contributed by atoms with E-state index in [1.807, 2.05) is 0 Å². The molecule has 0 aliphatic heterocycles. The van der Waals surface area contributed by atoms with Gasteiger partial charge in [-0.1, -0.05) is 33.1 Å². The highest BCUT2D eigenvalue weighted by Crippen LogP contribution is 2.22. The number of hydrogen-bond donors (Lipinski definition) is 1. The Bertz CT molecular complexity index is 228. The van der Waals surface area contributed by atoms with Gasteiger partial charge in [-0.2, -0.15) is 5.26 Å². The maximum Gasteiger partial charge on any atom is 0.0965 e. The van der Waals surface area contributed by atoms with Crippen LogP contribution in [0.1, 0.15) is 52.4 Å². The van der Waals surface area contributed by atoms with Gasteiger partial charge in [0.1, 0.15) is 0 Å². The van der Waals surface area contributed by atoms with Gasteiger partial charge in [0.2, 0.25) is 0 Å². The van der Waals surface area contributed by atoms with Crippen molar-refractivity contribution in [3.63, 3.8) is 0 Å². The summed E-state index contributed by atoms with van der Waals surface area (Å²) in [6.07, 6.45) is 7.84. The van der Waals surface area contributed by atoms with E-state index in [2.05, 4.69) is 30.1 Å². The van der Waals surface area contributed by atoms with Crippen molar-refractivity contribution >= 4 is 0 Å². The molecule has 1 saturated carbocycles. The standard InChI is InChI=1S/C14H27N3/c1-3-16-13(12-15)10-11-17(4-2)14-8-6-5-7-9-14/h13-14,16H,3-11H2,1-2H3. The zero-order valence-corrected chi connectivity index (χ0v) is 11.4. The predicted octanol–water partition coefficient (Wildman–Crippen LogP) is 2.53. The minimum absolute atomic E-state index is 0.0256. The van der Waals surface area contributed by atoms with Gasteiger partial charge in [-0.05, 0) is 32.4 Å². The highest BCUT2D eigenvalue weighted by atomic mass is 15.1. The molecule has 1 N–H and O–H groups in total. The average molecular weight is 237 g/mol. The molecule has 0 saturated heterocycles. The lowest BCUT2D eigenvalue weighted by molar-refractivity contribution is 0.159. The van der Waals surface area contributed by atoms with Gasteiger partial charge in [-0.3, -0.25) is 0 Å². The normalized spacial score (nSPS) is 19.2. The molecule has 1 atom stereocenters. The van der Waals surface area contributed by atoms with Crippen LogP contribution in [-0.2, 0) is 0 Å². The van der Waals surface area contributed by atoms with Crippen LogP contribution in [0.3, 0.4) is 0 Å². The predicted molar refractivity (Wildman–Crippen MR) is 71.8 cm³/mol. The van der Waals surface area contributed by atoms with Gasteiger partial charge in [0, 0.05) is 12.6 Å². The summed E-state index contributed by atoms with van der Waals surface area (Å²) in [5.74, 6) is 0. The SMILES string of the molecule is CCNC(C#N)CCN(CC)C1CCCCC1. The van der Waals surface area contributed by atoms with Gasteiger partial charge < -0.3 is 10.2 Å². The van der Waals surface area contributed by atoms with Gasteiger partial charge in [0.15, 0.2) is 0 Å². The number of nitriles is 1. The zero-order valence-electron chi connectivity index (χ0n) is 11.4. The Balaban J connectivity index is 2.32. The molecule has 1 aliphatic carbocycles. The first-order valence-corrected chi connectivity index (χ1v) is 7.18. The monoisotopic (exact) mass is 237 g/mol. The van der Waals surface area contributed by atoms with E-state index in [-0.39, 0.29) is 6.04 Å². The van der Waals surface area contributed by atoms with Gasteiger partial charge in [0.25, 0.3) is 0 Å². The molecule has 3 nitrogen and oxygen atoms in total. The smallest absolute Gasteiger partial charge is 0.0965 e. The van der Waals surface area contributed by atoms with Crippen LogP contribution in [0.4, 0.5) is 0 Å². The molecule has 0 aromatic heterocycles. The lowest BCUT2D eigenvalue weighted by Crippen LogP contribution is -2.40. The van der Waals surface area contributed by atoms with Crippen LogP contribution >= 0.6 is 0 Å². The first kappa shape index (κ1) is 14.5. The van der Waals surface area contributed by atoms with Crippen molar-refractivity contribution in [2.24, 2.45) is 0 Å². The van der Waals surface area contributed by atoms with E-state index in [0.717, 1.165) is 32.1 Å². The van der Waals surface area contributed by atoms with Crippen LogP contribution in [0.25, 0.3) is 0 Å². The molecule has 0 amide bonds. The largest absolute Gasteiger partial charge is 0.302 e. The van der Waals surface area contributed by atoms with Crippen molar-refractivity contribution in [3.8, 4) is 6.07 Å². The number of rotatable bonds is 7. The first-order chi connectivity index (χ1) is 8.31. The molecular weight excluding hydrogens is 210 g/mol. The van der Waals surface area contributed by atoms with Crippen LogP contribution < -0.4 is 5.32 Å². The van der Waals surface area contributed by atoms with E-state index in [9.17, 15) is 0 Å². The molecule has 1 fully saturated rings. The highest BCUT2D eigenvalue weighted by molar-refractivity contribution is 4.90. The summed E-state index contributed by atoms with van der Waals surface area (Å²) in [5, 5.41) is 12.2. The fraction of sp³-hybridized carbons (Fsp3) is 0.929. The molecule has 17 heavy (non-hydrogen) atoms. The second kappa shape index (κ2) is 8.49. The van der Waals surface area contributed by atoms with Crippen LogP contribution in [0, 0.1) is 11.3 Å². The van der Waals surface area contributed by atoms with Crippen LogP contribution in [-0.4, -0.2) is 36.6 Å². The summed E-state index contributed by atoms with van der Waals surface area (Å²) in [4.78, 5) is 2.57. The molecule has 1 rings (SSSR count). The van der Waals surface area contributed by atoms with Gasteiger partial charge in [-0.15, -0.1) is 0 Å². The molecule has 0 heterocycles. The van der Waals surface area contributed by atoms with Crippen molar-refractivity contribution in [2.75, 3.05) is 19.6 Å². The van der Waals surface area contributed by atoms with Crippen molar-refractivity contribution in [2.45, 2.75) is 64.5 Å². The highest BCUT2D eigenvalue weighted by Gasteiger charge is 2.20. The maximum atomic E-state index is 9.02. The molecule has 0 radical (unpaired) electrons. The molecule has 0 aromatic carbocycles. The molecule has 1 unspecified atom stereocenters. The molecule has 98 valence electrons. The van der Waals surface area contributed by atoms with E-state index >= 15 is 0 Å². The third-order valence-electron chi connectivity index (χ3n) is 3.81. The number of nitrogens with zero attached hydrogens (tertiary/aromatic N) is 2.